The lowest BCUT2D eigenvalue weighted by atomic mass is 10.1. The second-order valence-corrected chi connectivity index (χ2v) is 5.40. The molecule has 0 spiro atoms. The van der Waals surface area contributed by atoms with Crippen LogP contribution < -0.4 is 0 Å². The molecule has 0 N–H and O–H groups in total. The summed E-state index contributed by atoms with van der Waals surface area (Å²) in [5.41, 5.74) is 1.12. The van der Waals surface area contributed by atoms with Crippen LogP contribution in [0.25, 0.3) is 16.8 Å². The van der Waals surface area contributed by atoms with Crippen molar-refractivity contribution in [2.24, 2.45) is 5.92 Å². The van der Waals surface area contributed by atoms with Gasteiger partial charge in [0.25, 0.3) is 0 Å². The number of hydrogen-bond donors (Lipinski definition) is 0. The standard InChI is InChI=1S/C19H18O2/c20-19(21-14-16-9-10-16)8-4-1-5-15-11-12-17-6-2-3-7-18(17)13-15/h1-8,11-13,16H,9-10,14H2. The minimum atomic E-state index is -0.259. The lowest BCUT2D eigenvalue weighted by molar-refractivity contribution is -0.138. The van der Waals surface area contributed by atoms with E-state index in [0.29, 0.717) is 12.5 Å². The Balaban J connectivity index is 1.57. The van der Waals surface area contributed by atoms with Gasteiger partial charge in [0.15, 0.2) is 0 Å². The Hall–Kier alpha value is -2.35. The molecule has 1 saturated carbocycles. The van der Waals surface area contributed by atoms with E-state index in [-0.39, 0.29) is 5.97 Å². The monoisotopic (exact) mass is 278 g/mol. The van der Waals surface area contributed by atoms with E-state index in [1.807, 2.05) is 24.3 Å². The third kappa shape index (κ3) is 4.06. The number of hydrogen-bond acceptors (Lipinski definition) is 2. The number of allylic oxidation sites excluding steroid dienone is 2. The third-order valence-corrected chi connectivity index (χ3v) is 3.56. The van der Waals surface area contributed by atoms with Crippen molar-refractivity contribution in [2.75, 3.05) is 6.61 Å². The number of esters is 1. The second kappa shape index (κ2) is 6.40. The largest absolute Gasteiger partial charge is 0.462 e. The Labute approximate surface area is 124 Å². The average molecular weight is 278 g/mol. The first-order chi connectivity index (χ1) is 10.3. The molecule has 0 aromatic heterocycles. The molecule has 2 nitrogen and oxygen atoms in total. The first kappa shape index (κ1) is 13.6. The van der Waals surface area contributed by atoms with Gasteiger partial charge < -0.3 is 4.74 Å². The lowest BCUT2D eigenvalue weighted by Crippen LogP contribution is -2.03. The maximum absolute atomic E-state index is 11.4. The fourth-order valence-electron chi connectivity index (χ4n) is 2.14. The number of carbonyl (C=O) groups is 1. The van der Waals surface area contributed by atoms with Gasteiger partial charge in [0.2, 0.25) is 0 Å². The van der Waals surface area contributed by atoms with E-state index in [4.69, 9.17) is 4.74 Å². The SMILES string of the molecule is O=C(C=CC=Cc1ccc2ccccc2c1)OCC1CC1. The molecule has 0 amide bonds. The molecular formula is C19H18O2. The maximum Gasteiger partial charge on any atom is 0.330 e. The first-order valence-corrected chi connectivity index (χ1v) is 7.31. The zero-order chi connectivity index (χ0) is 14.5. The van der Waals surface area contributed by atoms with Crippen molar-refractivity contribution in [2.45, 2.75) is 12.8 Å². The van der Waals surface area contributed by atoms with E-state index >= 15 is 0 Å². The van der Waals surface area contributed by atoms with Gasteiger partial charge in [0.1, 0.15) is 0 Å². The van der Waals surface area contributed by atoms with E-state index in [0.717, 1.165) is 5.56 Å². The molecule has 1 aliphatic rings. The van der Waals surface area contributed by atoms with Crippen molar-refractivity contribution in [1.82, 2.24) is 0 Å². The minimum absolute atomic E-state index is 0.259. The summed E-state index contributed by atoms with van der Waals surface area (Å²) in [4.78, 5) is 11.4. The predicted molar refractivity (Wildman–Crippen MR) is 85.8 cm³/mol. The summed E-state index contributed by atoms with van der Waals surface area (Å²) in [6.07, 6.45) is 9.43. The topological polar surface area (TPSA) is 26.3 Å². The molecule has 0 radical (unpaired) electrons. The molecule has 0 unspecified atom stereocenters. The Morgan fingerprint density at radius 1 is 1.10 bits per heavy atom. The number of rotatable bonds is 5. The summed E-state index contributed by atoms with van der Waals surface area (Å²) in [6, 6.07) is 14.6. The Morgan fingerprint density at radius 3 is 2.71 bits per heavy atom. The van der Waals surface area contributed by atoms with Crippen LogP contribution in [0.15, 0.2) is 60.7 Å². The van der Waals surface area contributed by atoms with Gasteiger partial charge in [-0.15, -0.1) is 0 Å². The number of carbonyl (C=O) groups excluding carboxylic acids is 1. The first-order valence-electron chi connectivity index (χ1n) is 7.31. The lowest BCUT2D eigenvalue weighted by Gasteiger charge is -1.99. The fraction of sp³-hybridized carbons (Fsp3) is 0.211. The summed E-state index contributed by atoms with van der Waals surface area (Å²) < 4.78 is 5.12. The average Bonchev–Trinajstić information content (AvgIpc) is 3.34. The number of fused-ring (bicyclic) bond motifs is 1. The molecule has 106 valence electrons. The van der Waals surface area contributed by atoms with Crippen LogP contribution in [0, 0.1) is 5.92 Å². The molecular weight excluding hydrogens is 260 g/mol. The smallest absolute Gasteiger partial charge is 0.330 e. The van der Waals surface area contributed by atoms with Crippen molar-refractivity contribution in [3.05, 3.63) is 66.3 Å². The molecule has 0 heterocycles. The molecule has 0 saturated heterocycles. The van der Waals surface area contributed by atoms with E-state index < -0.39 is 0 Å². The summed E-state index contributed by atoms with van der Waals surface area (Å²) >= 11 is 0. The van der Waals surface area contributed by atoms with Crippen molar-refractivity contribution in [1.29, 1.82) is 0 Å². The van der Waals surface area contributed by atoms with Gasteiger partial charge >= 0.3 is 5.97 Å². The second-order valence-electron chi connectivity index (χ2n) is 5.40. The van der Waals surface area contributed by atoms with Crippen LogP contribution in [0.1, 0.15) is 18.4 Å². The van der Waals surface area contributed by atoms with Crippen LogP contribution in [-0.4, -0.2) is 12.6 Å². The van der Waals surface area contributed by atoms with Gasteiger partial charge in [0.05, 0.1) is 6.61 Å². The van der Waals surface area contributed by atoms with Gasteiger partial charge in [-0.25, -0.2) is 4.79 Å². The highest BCUT2D eigenvalue weighted by atomic mass is 16.5. The van der Waals surface area contributed by atoms with Crippen LogP contribution in [0.5, 0.6) is 0 Å². The molecule has 0 atom stereocenters. The van der Waals surface area contributed by atoms with Crippen LogP contribution in [0.2, 0.25) is 0 Å². The normalized spacial score (nSPS) is 15.0. The number of benzene rings is 2. The molecule has 2 aromatic carbocycles. The summed E-state index contributed by atoms with van der Waals surface area (Å²) in [6.45, 7) is 0.567. The van der Waals surface area contributed by atoms with Gasteiger partial charge in [-0.2, -0.15) is 0 Å². The van der Waals surface area contributed by atoms with Crippen molar-refractivity contribution in [3.8, 4) is 0 Å². The Morgan fingerprint density at radius 2 is 1.90 bits per heavy atom. The maximum atomic E-state index is 11.4. The van der Waals surface area contributed by atoms with Gasteiger partial charge in [-0.05, 0) is 41.2 Å². The molecule has 1 fully saturated rings. The summed E-state index contributed by atoms with van der Waals surface area (Å²) in [5, 5.41) is 2.45. The van der Waals surface area contributed by atoms with Gasteiger partial charge in [-0.1, -0.05) is 54.6 Å². The van der Waals surface area contributed by atoms with E-state index in [9.17, 15) is 4.79 Å². The van der Waals surface area contributed by atoms with E-state index in [1.165, 1.54) is 29.7 Å². The highest BCUT2D eigenvalue weighted by Gasteiger charge is 2.22. The number of ether oxygens (including phenoxy) is 1. The molecule has 21 heavy (non-hydrogen) atoms. The van der Waals surface area contributed by atoms with Gasteiger partial charge in [0, 0.05) is 6.08 Å². The van der Waals surface area contributed by atoms with Gasteiger partial charge in [-0.3, -0.25) is 0 Å². The molecule has 0 bridgehead atoms. The molecule has 3 rings (SSSR count). The quantitative estimate of drug-likeness (QED) is 0.461. The zero-order valence-corrected chi connectivity index (χ0v) is 11.9. The molecule has 1 aliphatic carbocycles. The van der Waals surface area contributed by atoms with E-state index in [1.54, 1.807) is 6.08 Å². The van der Waals surface area contributed by atoms with Crippen molar-refractivity contribution < 1.29 is 9.53 Å². The minimum Gasteiger partial charge on any atom is -0.462 e. The van der Waals surface area contributed by atoms with Crippen LogP contribution in [0.3, 0.4) is 0 Å². The highest BCUT2D eigenvalue weighted by molar-refractivity contribution is 5.85. The van der Waals surface area contributed by atoms with Crippen LogP contribution in [-0.2, 0) is 9.53 Å². The van der Waals surface area contributed by atoms with Crippen LogP contribution >= 0.6 is 0 Å². The van der Waals surface area contributed by atoms with E-state index in [2.05, 4.69) is 30.3 Å². The Bertz CT molecular complexity index is 694. The third-order valence-electron chi connectivity index (χ3n) is 3.56. The summed E-state index contributed by atoms with van der Waals surface area (Å²) in [7, 11) is 0. The summed E-state index contributed by atoms with van der Waals surface area (Å²) in [5.74, 6) is 0.348. The predicted octanol–water partition coefficient (Wildman–Crippen LogP) is 4.36. The fourth-order valence-corrected chi connectivity index (χ4v) is 2.14. The molecule has 0 aliphatic heterocycles. The molecule has 2 heteroatoms. The molecule has 2 aromatic rings. The van der Waals surface area contributed by atoms with Crippen molar-refractivity contribution in [3.63, 3.8) is 0 Å². The zero-order valence-electron chi connectivity index (χ0n) is 11.9. The Kier molecular flexibility index (Phi) is 4.15. The van der Waals surface area contributed by atoms with Crippen molar-refractivity contribution >= 4 is 22.8 Å². The highest BCUT2D eigenvalue weighted by Crippen LogP contribution is 2.28. The van der Waals surface area contributed by atoms with Crippen LogP contribution in [0.4, 0.5) is 0 Å².